The number of ether oxygens (including phenoxy) is 2. The summed E-state index contributed by atoms with van der Waals surface area (Å²) in [5.74, 6) is 1.09. The molecular formula is C22H23Cl2N3O2. The maximum atomic E-state index is 6.31. The van der Waals surface area contributed by atoms with Crippen molar-refractivity contribution in [1.29, 1.82) is 0 Å². The zero-order chi connectivity index (χ0) is 20.4. The molecule has 1 saturated heterocycles. The SMILES string of the molecule is CC1(C)CNC2(CCOC2)c2[nH]c3ccc(Oc4c(Cl)cc(N)cc4Cl)cc3c21. The second kappa shape index (κ2) is 6.54. The van der Waals surface area contributed by atoms with Gasteiger partial charge in [-0.1, -0.05) is 37.0 Å². The highest BCUT2D eigenvalue weighted by atomic mass is 35.5. The van der Waals surface area contributed by atoms with E-state index in [1.165, 1.54) is 11.3 Å². The fourth-order valence-corrected chi connectivity index (χ4v) is 5.14. The molecule has 2 aromatic carbocycles. The number of nitrogens with one attached hydrogen (secondary N) is 2. The van der Waals surface area contributed by atoms with Gasteiger partial charge in [-0.25, -0.2) is 0 Å². The Balaban J connectivity index is 1.63. The van der Waals surface area contributed by atoms with Gasteiger partial charge < -0.3 is 25.5 Å². The van der Waals surface area contributed by atoms with E-state index in [1.54, 1.807) is 12.1 Å². The molecule has 29 heavy (non-hydrogen) atoms. The number of benzene rings is 2. The van der Waals surface area contributed by atoms with Crippen molar-refractivity contribution in [3.8, 4) is 11.5 Å². The molecule has 5 rings (SSSR count). The average molecular weight is 432 g/mol. The van der Waals surface area contributed by atoms with Crippen LogP contribution < -0.4 is 15.8 Å². The molecule has 2 aliphatic heterocycles. The van der Waals surface area contributed by atoms with Gasteiger partial charge in [0.2, 0.25) is 0 Å². The quantitative estimate of drug-likeness (QED) is 0.478. The molecule has 1 unspecified atom stereocenters. The molecule has 3 aromatic rings. The molecular weight excluding hydrogens is 409 g/mol. The lowest BCUT2D eigenvalue weighted by Crippen LogP contribution is -2.53. The number of anilines is 1. The van der Waals surface area contributed by atoms with Crippen LogP contribution in [0, 0.1) is 0 Å². The van der Waals surface area contributed by atoms with E-state index < -0.39 is 0 Å². The van der Waals surface area contributed by atoms with Crippen LogP contribution in [-0.2, 0) is 15.7 Å². The molecule has 4 N–H and O–H groups in total. The minimum absolute atomic E-state index is 0.0312. The summed E-state index contributed by atoms with van der Waals surface area (Å²) >= 11 is 12.6. The van der Waals surface area contributed by atoms with E-state index in [1.807, 2.05) is 12.1 Å². The van der Waals surface area contributed by atoms with Gasteiger partial charge in [-0.3, -0.25) is 0 Å². The maximum Gasteiger partial charge on any atom is 0.164 e. The van der Waals surface area contributed by atoms with E-state index in [9.17, 15) is 0 Å². The lowest BCUT2D eigenvalue weighted by Gasteiger charge is -2.41. The highest BCUT2D eigenvalue weighted by molar-refractivity contribution is 6.37. The Morgan fingerprint density at radius 2 is 1.90 bits per heavy atom. The van der Waals surface area contributed by atoms with E-state index in [0.717, 1.165) is 30.5 Å². The van der Waals surface area contributed by atoms with Crippen LogP contribution in [0.25, 0.3) is 10.9 Å². The van der Waals surface area contributed by atoms with Gasteiger partial charge in [-0.2, -0.15) is 0 Å². The lowest BCUT2D eigenvalue weighted by molar-refractivity contribution is 0.155. The predicted molar refractivity (Wildman–Crippen MR) is 117 cm³/mol. The van der Waals surface area contributed by atoms with Crippen LogP contribution in [0.1, 0.15) is 31.5 Å². The molecule has 0 bridgehead atoms. The zero-order valence-electron chi connectivity index (χ0n) is 16.4. The van der Waals surface area contributed by atoms with Crippen molar-refractivity contribution in [3.05, 3.63) is 51.6 Å². The van der Waals surface area contributed by atoms with Crippen LogP contribution in [0.2, 0.25) is 10.0 Å². The van der Waals surface area contributed by atoms with E-state index in [4.69, 9.17) is 38.4 Å². The Kier molecular flexibility index (Phi) is 4.30. The van der Waals surface area contributed by atoms with Crippen molar-refractivity contribution in [2.24, 2.45) is 0 Å². The fraction of sp³-hybridized carbons (Fsp3) is 0.364. The monoisotopic (exact) mass is 431 g/mol. The summed E-state index contributed by atoms with van der Waals surface area (Å²) in [6, 6.07) is 9.30. The number of hydrogen-bond acceptors (Lipinski definition) is 4. The fourth-order valence-electron chi connectivity index (χ4n) is 4.56. The van der Waals surface area contributed by atoms with Gasteiger partial charge in [-0.05, 0) is 42.3 Å². The number of halogens is 2. The average Bonchev–Trinajstić information content (AvgIpc) is 3.28. The smallest absolute Gasteiger partial charge is 0.164 e. The summed E-state index contributed by atoms with van der Waals surface area (Å²) in [7, 11) is 0. The van der Waals surface area contributed by atoms with Gasteiger partial charge in [0.05, 0.1) is 22.2 Å². The van der Waals surface area contributed by atoms with Crippen LogP contribution >= 0.6 is 23.2 Å². The standard InChI is InChI=1S/C22H23Cl2N3O2/c1-21(2)10-26-22(5-6-28-11-22)20-18(21)14-9-13(3-4-17(14)27-20)29-19-15(23)7-12(25)8-16(19)24/h3-4,7-9,26-27H,5-6,10-11,25H2,1-2H3. The summed E-state index contributed by atoms with van der Waals surface area (Å²) in [6.07, 6.45) is 0.961. The molecule has 0 saturated carbocycles. The first-order chi connectivity index (χ1) is 13.8. The molecule has 2 aliphatic rings. The number of aromatic nitrogens is 1. The summed E-state index contributed by atoms with van der Waals surface area (Å²) in [4.78, 5) is 3.66. The minimum Gasteiger partial charge on any atom is -0.454 e. The Labute approximate surface area is 179 Å². The molecule has 5 nitrogen and oxygen atoms in total. The van der Waals surface area contributed by atoms with Crippen LogP contribution in [-0.4, -0.2) is 24.7 Å². The largest absolute Gasteiger partial charge is 0.454 e. The van der Waals surface area contributed by atoms with E-state index in [2.05, 4.69) is 30.2 Å². The number of hydrogen-bond donors (Lipinski definition) is 3. The first-order valence-corrected chi connectivity index (χ1v) is 10.5. The molecule has 0 radical (unpaired) electrons. The Hall–Kier alpha value is -1.92. The highest BCUT2D eigenvalue weighted by Gasteiger charge is 2.47. The molecule has 1 aromatic heterocycles. The molecule has 0 amide bonds. The maximum absolute atomic E-state index is 6.31. The second-order valence-electron chi connectivity index (χ2n) is 8.62. The number of aromatic amines is 1. The van der Waals surface area contributed by atoms with Gasteiger partial charge in [0, 0.05) is 40.9 Å². The Morgan fingerprint density at radius 1 is 1.14 bits per heavy atom. The van der Waals surface area contributed by atoms with Gasteiger partial charge in [0.15, 0.2) is 5.75 Å². The number of nitrogen functional groups attached to an aromatic ring is 1. The number of rotatable bonds is 2. The molecule has 152 valence electrons. The predicted octanol–water partition coefficient (Wildman–Crippen LogP) is 5.35. The zero-order valence-corrected chi connectivity index (χ0v) is 17.9. The van der Waals surface area contributed by atoms with Crippen molar-refractivity contribution in [1.82, 2.24) is 10.3 Å². The third-order valence-corrected chi connectivity index (χ3v) is 6.62. The molecule has 0 aliphatic carbocycles. The third-order valence-electron chi connectivity index (χ3n) is 6.06. The number of nitrogens with two attached hydrogens (primary N) is 1. The van der Waals surface area contributed by atoms with Crippen LogP contribution in [0.5, 0.6) is 11.5 Å². The van der Waals surface area contributed by atoms with Gasteiger partial charge in [0.25, 0.3) is 0 Å². The molecule has 1 spiro atoms. The Morgan fingerprint density at radius 3 is 2.59 bits per heavy atom. The molecule has 1 atom stereocenters. The molecule has 3 heterocycles. The lowest BCUT2D eigenvalue weighted by atomic mass is 9.73. The summed E-state index contributed by atoms with van der Waals surface area (Å²) in [5, 5.41) is 5.67. The van der Waals surface area contributed by atoms with Crippen molar-refractivity contribution in [2.75, 3.05) is 25.5 Å². The van der Waals surface area contributed by atoms with Crippen molar-refractivity contribution in [2.45, 2.75) is 31.2 Å². The van der Waals surface area contributed by atoms with Gasteiger partial charge >= 0.3 is 0 Å². The van der Waals surface area contributed by atoms with Gasteiger partial charge in [0.1, 0.15) is 5.75 Å². The van der Waals surface area contributed by atoms with E-state index in [-0.39, 0.29) is 11.0 Å². The van der Waals surface area contributed by atoms with Gasteiger partial charge in [-0.15, -0.1) is 0 Å². The summed E-state index contributed by atoms with van der Waals surface area (Å²) in [6.45, 7) is 6.86. The molecule has 7 heteroatoms. The Bertz CT molecular complexity index is 1090. The first-order valence-electron chi connectivity index (χ1n) is 9.71. The molecule has 1 fully saturated rings. The second-order valence-corrected chi connectivity index (χ2v) is 9.43. The first kappa shape index (κ1) is 19.1. The van der Waals surface area contributed by atoms with E-state index in [0.29, 0.717) is 33.8 Å². The number of H-pyrrole nitrogens is 1. The topological polar surface area (TPSA) is 72.3 Å². The van der Waals surface area contributed by atoms with Crippen molar-refractivity contribution < 1.29 is 9.47 Å². The summed E-state index contributed by atoms with van der Waals surface area (Å²) < 4.78 is 11.8. The number of fused-ring (bicyclic) bond motifs is 4. The van der Waals surface area contributed by atoms with Crippen LogP contribution in [0.4, 0.5) is 5.69 Å². The van der Waals surface area contributed by atoms with Crippen LogP contribution in [0.15, 0.2) is 30.3 Å². The highest BCUT2D eigenvalue weighted by Crippen LogP contribution is 2.46. The van der Waals surface area contributed by atoms with Crippen molar-refractivity contribution in [3.63, 3.8) is 0 Å². The third kappa shape index (κ3) is 2.99. The van der Waals surface area contributed by atoms with Crippen LogP contribution in [0.3, 0.4) is 0 Å². The minimum atomic E-state index is -0.144. The summed E-state index contributed by atoms with van der Waals surface area (Å²) in [5.41, 5.74) is 9.75. The normalized spacial score (nSPS) is 22.9. The van der Waals surface area contributed by atoms with Crippen molar-refractivity contribution >= 4 is 39.8 Å². The van der Waals surface area contributed by atoms with E-state index >= 15 is 0 Å².